The molecule has 2 aliphatic heterocycles. The van der Waals surface area contributed by atoms with Gasteiger partial charge in [0.25, 0.3) is 0 Å². The predicted molar refractivity (Wildman–Crippen MR) is 144 cm³/mol. The maximum atomic E-state index is 12.3. The number of benzene rings is 3. The van der Waals surface area contributed by atoms with Crippen LogP contribution in [0.5, 0.6) is 0 Å². The Morgan fingerprint density at radius 2 is 1.66 bits per heavy atom. The van der Waals surface area contributed by atoms with Crippen LogP contribution in [0.25, 0.3) is 0 Å². The van der Waals surface area contributed by atoms with Crippen LogP contribution in [-0.4, -0.2) is 53.0 Å². The number of nitrogens with zero attached hydrogens (tertiary/aromatic N) is 1. The van der Waals surface area contributed by atoms with Gasteiger partial charge in [0.2, 0.25) is 0 Å². The van der Waals surface area contributed by atoms with Crippen LogP contribution < -0.4 is 10.6 Å². The molecule has 0 spiro atoms. The van der Waals surface area contributed by atoms with Crippen LogP contribution in [0.4, 0.5) is 10.5 Å². The van der Waals surface area contributed by atoms with Crippen LogP contribution >= 0.6 is 0 Å². The number of likely N-dealkylation sites (tertiary alicyclic amines) is 1. The SMILES string of the molecule is O=C(NCc1ccccc1)Nc1ccc([C@@H]2O[C@H](CN3CC[C@H](O)C3)C[C@H](c3ccc(CO)cc3)O2)cc1. The Kier molecular flexibility index (Phi) is 8.68. The molecular formula is C30H35N3O5. The molecule has 3 aromatic rings. The van der Waals surface area contributed by atoms with Gasteiger partial charge in [0.15, 0.2) is 6.29 Å². The first-order chi connectivity index (χ1) is 18.6. The second-order valence-electron chi connectivity index (χ2n) is 9.97. The van der Waals surface area contributed by atoms with Gasteiger partial charge in [-0.2, -0.15) is 0 Å². The van der Waals surface area contributed by atoms with Gasteiger partial charge in [-0.15, -0.1) is 0 Å². The van der Waals surface area contributed by atoms with Gasteiger partial charge >= 0.3 is 6.03 Å². The number of anilines is 1. The molecule has 0 saturated carbocycles. The molecule has 2 saturated heterocycles. The summed E-state index contributed by atoms with van der Waals surface area (Å²) in [5.74, 6) is 0. The number of carbonyl (C=O) groups is 1. The molecule has 4 atom stereocenters. The summed E-state index contributed by atoms with van der Waals surface area (Å²) >= 11 is 0. The van der Waals surface area contributed by atoms with Crippen LogP contribution in [0.1, 0.15) is 47.5 Å². The average Bonchev–Trinajstić information content (AvgIpc) is 3.37. The number of ether oxygens (including phenoxy) is 2. The highest BCUT2D eigenvalue weighted by Gasteiger charge is 2.34. The topological polar surface area (TPSA) is 103 Å². The van der Waals surface area contributed by atoms with Crippen LogP contribution in [0.3, 0.4) is 0 Å². The fourth-order valence-electron chi connectivity index (χ4n) is 4.98. The van der Waals surface area contributed by atoms with Gasteiger partial charge in [0.05, 0.1) is 24.9 Å². The first-order valence-electron chi connectivity index (χ1n) is 13.2. The second kappa shape index (κ2) is 12.5. The predicted octanol–water partition coefficient (Wildman–Crippen LogP) is 4.11. The van der Waals surface area contributed by atoms with E-state index in [0.717, 1.165) is 41.8 Å². The van der Waals surface area contributed by atoms with Crippen molar-refractivity contribution in [1.29, 1.82) is 0 Å². The van der Waals surface area contributed by atoms with E-state index in [-0.39, 0.29) is 30.9 Å². The van der Waals surface area contributed by atoms with E-state index in [4.69, 9.17) is 9.47 Å². The van der Waals surface area contributed by atoms with E-state index in [9.17, 15) is 15.0 Å². The Morgan fingerprint density at radius 1 is 0.921 bits per heavy atom. The van der Waals surface area contributed by atoms with Gasteiger partial charge in [-0.05, 0) is 35.2 Å². The first-order valence-corrected chi connectivity index (χ1v) is 13.2. The molecule has 2 fully saturated rings. The third-order valence-corrected chi connectivity index (χ3v) is 7.06. The van der Waals surface area contributed by atoms with E-state index in [1.54, 1.807) is 0 Å². The van der Waals surface area contributed by atoms with Gasteiger partial charge < -0.3 is 30.3 Å². The molecule has 3 aromatic carbocycles. The van der Waals surface area contributed by atoms with Gasteiger partial charge in [-0.1, -0.05) is 66.7 Å². The number of β-amino-alcohol motifs (C(OH)–C–C–N with tert-alkyl or cyclic N) is 1. The fraction of sp³-hybridized carbons (Fsp3) is 0.367. The zero-order chi connectivity index (χ0) is 26.3. The van der Waals surface area contributed by atoms with Crippen molar-refractivity contribution >= 4 is 11.7 Å². The number of carbonyl (C=O) groups excluding carboxylic acids is 1. The van der Waals surface area contributed by atoms with Crippen LogP contribution in [0, 0.1) is 0 Å². The van der Waals surface area contributed by atoms with E-state index >= 15 is 0 Å². The van der Waals surface area contributed by atoms with Crippen LogP contribution in [0.2, 0.25) is 0 Å². The second-order valence-corrected chi connectivity index (χ2v) is 9.97. The molecule has 2 amide bonds. The molecule has 0 aliphatic carbocycles. The number of amides is 2. The van der Waals surface area contributed by atoms with Crippen molar-refractivity contribution in [3.8, 4) is 0 Å². The summed E-state index contributed by atoms with van der Waals surface area (Å²) in [6.07, 6.45) is 0.403. The third-order valence-electron chi connectivity index (χ3n) is 7.06. The third kappa shape index (κ3) is 6.98. The lowest BCUT2D eigenvalue weighted by Gasteiger charge is -2.37. The van der Waals surface area contributed by atoms with Crippen molar-refractivity contribution in [2.24, 2.45) is 0 Å². The summed E-state index contributed by atoms with van der Waals surface area (Å²) in [6.45, 7) is 2.69. The quantitative estimate of drug-likeness (QED) is 0.359. The van der Waals surface area contributed by atoms with Crippen LogP contribution in [0.15, 0.2) is 78.9 Å². The Bertz CT molecular complexity index is 1170. The number of urea groups is 1. The summed E-state index contributed by atoms with van der Waals surface area (Å²) in [4.78, 5) is 14.6. The molecule has 2 heterocycles. The molecule has 0 radical (unpaired) electrons. The van der Waals surface area contributed by atoms with E-state index in [1.165, 1.54) is 0 Å². The minimum Gasteiger partial charge on any atom is -0.392 e. The van der Waals surface area contributed by atoms with E-state index in [0.29, 0.717) is 25.2 Å². The molecule has 0 unspecified atom stereocenters. The maximum absolute atomic E-state index is 12.3. The number of aliphatic hydroxyl groups is 2. The molecule has 2 aliphatic rings. The normalized spacial score (nSPS) is 23.7. The van der Waals surface area contributed by atoms with Gasteiger partial charge in [0.1, 0.15) is 0 Å². The highest BCUT2D eigenvalue weighted by atomic mass is 16.7. The summed E-state index contributed by atoms with van der Waals surface area (Å²) in [5.41, 5.74) is 4.46. The zero-order valence-corrected chi connectivity index (χ0v) is 21.3. The van der Waals surface area contributed by atoms with Crippen molar-refractivity contribution in [2.45, 2.75) is 50.6 Å². The number of hydrogen-bond acceptors (Lipinski definition) is 6. The summed E-state index contributed by atoms with van der Waals surface area (Å²) < 4.78 is 12.8. The molecule has 8 nitrogen and oxygen atoms in total. The summed E-state index contributed by atoms with van der Waals surface area (Å²) in [5, 5.41) is 25.1. The maximum Gasteiger partial charge on any atom is 0.319 e. The van der Waals surface area contributed by atoms with E-state index in [1.807, 2.05) is 78.9 Å². The molecule has 0 bridgehead atoms. The molecule has 200 valence electrons. The van der Waals surface area contributed by atoms with E-state index < -0.39 is 6.29 Å². The van der Waals surface area contributed by atoms with Gasteiger partial charge in [-0.3, -0.25) is 4.90 Å². The highest BCUT2D eigenvalue weighted by Crippen LogP contribution is 2.38. The molecule has 4 N–H and O–H groups in total. The lowest BCUT2D eigenvalue weighted by Crippen LogP contribution is -2.38. The molecule has 0 aromatic heterocycles. The van der Waals surface area contributed by atoms with Crippen molar-refractivity contribution in [1.82, 2.24) is 10.2 Å². The Balaban J connectivity index is 1.24. The minimum atomic E-state index is -0.565. The lowest BCUT2D eigenvalue weighted by molar-refractivity contribution is -0.252. The standard InChI is InChI=1S/C30H35N3O5/c34-20-22-6-8-23(9-7-22)28-16-27(19-33-15-14-26(35)18-33)37-29(38-28)24-10-12-25(13-11-24)32-30(36)31-17-21-4-2-1-3-5-21/h1-13,26-29,34-35H,14-20H2,(H2,31,32,36)/t26-,27-,28+,29+/m0/s1. The summed E-state index contributed by atoms with van der Waals surface area (Å²) in [6, 6.07) is 24.8. The first kappa shape index (κ1) is 26.3. The lowest BCUT2D eigenvalue weighted by atomic mass is 9.99. The van der Waals surface area contributed by atoms with Gasteiger partial charge in [-0.25, -0.2) is 4.79 Å². The number of hydrogen-bond donors (Lipinski definition) is 4. The monoisotopic (exact) mass is 517 g/mol. The number of rotatable bonds is 8. The average molecular weight is 518 g/mol. The smallest absolute Gasteiger partial charge is 0.319 e. The Hall–Kier alpha value is -3.27. The van der Waals surface area contributed by atoms with Crippen molar-refractivity contribution in [3.63, 3.8) is 0 Å². The molecule has 8 heteroatoms. The fourth-order valence-corrected chi connectivity index (χ4v) is 4.98. The number of aliphatic hydroxyl groups excluding tert-OH is 2. The Labute approximate surface area is 223 Å². The summed E-state index contributed by atoms with van der Waals surface area (Å²) in [7, 11) is 0. The molecule has 38 heavy (non-hydrogen) atoms. The van der Waals surface area contributed by atoms with Crippen LogP contribution in [-0.2, 0) is 22.6 Å². The largest absolute Gasteiger partial charge is 0.392 e. The van der Waals surface area contributed by atoms with Crippen molar-refractivity contribution in [3.05, 3.63) is 101 Å². The molecular weight excluding hydrogens is 482 g/mol. The minimum absolute atomic E-state index is 0.00210. The number of nitrogens with one attached hydrogen (secondary N) is 2. The zero-order valence-electron chi connectivity index (χ0n) is 21.3. The van der Waals surface area contributed by atoms with E-state index in [2.05, 4.69) is 15.5 Å². The molecule has 5 rings (SSSR count). The van der Waals surface area contributed by atoms with Crippen molar-refractivity contribution < 1.29 is 24.5 Å². The van der Waals surface area contributed by atoms with Gasteiger partial charge in [0, 0.05) is 43.9 Å². The highest BCUT2D eigenvalue weighted by molar-refractivity contribution is 5.89. The van der Waals surface area contributed by atoms with Crippen molar-refractivity contribution in [2.75, 3.05) is 25.0 Å². The Morgan fingerprint density at radius 3 is 2.34 bits per heavy atom.